The number of carbonyl (C=O) groups excluding carboxylic acids is 1. The lowest BCUT2D eigenvalue weighted by Gasteiger charge is -2.04. The van der Waals surface area contributed by atoms with Crippen molar-refractivity contribution < 1.29 is 9.53 Å². The lowest BCUT2D eigenvalue weighted by Crippen LogP contribution is -2.28. The Labute approximate surface area is 89.4 Å². The summed E-state index contributed by atoms with van der Waals surface area (Å²) in [5.41, 5.74) is 6.98. The molecule has 0 aromatic heterocycles. The molecule has 0 saturated carbocycles. The normalized spacial score (nSPS) is 10.0. The van der Waals surface area contributed by atoms with Crippen molar-refractivity contribution in [3.63, 3.8) is 0 Å². The first-order valence-electron chi connectivity index (χ1n) is 4.84. The van der Waals surface area contributed by atoms with E-state index in [1.165, 1.54) is 0 Å². The molecule has 1 amide bonds. The van der Waals surface area contributed by atoms with Crippen LogP contribution in [0.15, 0.2) is 24.3 Å². The minimum atomic E-state index is -0.0931. The molecule has 1 rings (SSSR count). The van der Waals surface area contributed by atoms with Gasteiger partial charge in [0, 0.05) is 25.8 Å². The van der Waals surface area contributed by atoms with Gasteiger partial charge in [-0.05, 0) is 17.7 Å². The standard InChI is InChI=1S/C11H16N2O2/c1-15-8-9-2-4-10(5-3-9)11(14)13-7-6-12/h2-5H,6-8,12H2,1H3,(H,13,14). The van der Waals surface area contributed by atoms with Gasteiger partial charge in [-0.3, -0.25) is 4.79 Å². The minimum absolute atomic E-state index is 0.0931. The molecule has 0 saturated heterocycles. The monoisotopic (exact) mass is 208 g/mol. The molecule has 0 fully saturated rings. The third kappa shape index (κ3) is 3.69. The van der Waals surface area contributed by atoms with Crippen LogP contribution in [0.2, 0.25) is 0 Å². The van der Waals surface area contributed by atoms with Gasteiger partial charge in [0.15, 0.2) is 0 Å². The van der Waals surface area contributed by atoms with Gasteiger partial charge in [-0.15, -0.1) is 0 Å². The van der Waals surface area contributed by atoms with Gasteiger partial charge in [-0.1, -0.05) is 12.1 Å². The highest BCUT2D eigenvalue weighted by Gasteiger charge is 2.03. The third-order valence-electron chi connectivity index (χ3n) is 1.96. The second-order valence-corrected chi connectivity index (χ2v) is 3.17. The van der Waals surface area contributed by atoms with Crippen LogP contribution in [0.3, 0.4) is 0 Å². The Hall–Kier alpha value is -1.39. The minimum Gasteiger partial charge on any atom is -0.380 e. The molecule has 0 spiro atoms. The van der Waals surface area contributed by atoms with Crippen molar-refractivity contribution in [2.75, 3.05) is 20.2 Å². The largest absolute Gasteiger partial charge is 0.380 e. The molecule has 82 valence electrons. The van der Waals surface area contributed by atoms with Crippen molar-refractivity contribution in [2.24, 2.45) is 5.73 Å². The number of hydrogen-bond acceptors (Lipinski definition) is 3. The topological polar surface area (TPSA) is 64.3 Å². The van der Waals surface area contributed by atoms with E-state index in [1.54, 1.807) is 19.2 Å². The van der Waals surface area contributed by atoms with Crippen LogP contribution in [0.4, 0.5) is 0 Å². The van der Waals surface area contributed by atoms with Crippen LogP contribution in [0.25, 0.3) is 0 Å². The van der Waals surface area contributed by atoms with E-state index in [0.29, 0.717) is 25.3 Å². The van der Waals surface area contributed by atoms with Crippen LogP contribution in [-0.4, -0.2) is 26.1 Å². The van der Waals surface area contributed by atoms with Gasteiger partial charge >= 0.3 is 0 Å². The average Bonchev–Trinajstić information content (AvgIpc) is 2.27. The Morgan fingerprint density at radius 3 is 2.60 bits per heavy atom. The van der Waals surface area contributed by atoms with Crippen LogP contribution >= 0.6 is 0 Å². The fourth-order valence-corrected chi connectivity index (χ4v) is 1.21. The van der Waals surface area contributed by atoms with Gasteiger partial charge in [0.25, 0.3) is 5.91 Å². The van der Waals surface area contributed by atoms with E-state index in [9.17, 15) is 4.79 Å². The van der Waals surface area contributed by atoms with E-state index in [1.807, 2.05) is 12.1 Å². The molecule has 0 aliphatic rings. The predicted octanol–water partition coefficient (Wildman–Crippen LogP) is 0.521. The van der Waals surface area contributed by atoms with Crippen molar-refractivity contribution >= 4 is 5.91 Å². The molecule has 0 heterocycles. The maximum absolute atomic E-state index is 11.5. The van der Waals surface area contributed by atoms with Crippen LogP contribution in [-0.2, 0) is 11.3 Å². The zero-order valence-corrected chi connectivity index (χ0v) is 8.82. The van der Waals surface area contributed by atoms with E-state index < -0.39 is 0 Å². The first-order chi connectivity index (χ1) is 7.27. The summed E-state index contributed by atoms with van der Waals surface area (Å²) >= 11 is 0. The molecule has 1 aromatic rings. The molecule has 1 aromatic carbocycles. The smallest absolute Gasteiger partial charge is 0.251 e. The molecular weight excluding hydrogens is 192 g/mol. The van der Waals surface area contributed by atoms with E-state index in [0.717, 1.165) is 5.56 Å². The lowest BCUT2D eigenvalue weighted by atomic mass is 10.1. The highest BCUT2D eigenvalue weighted by molar-refractivity contribution is 5.94. The summed E-state index contributed by atoms with van der Waals surface area (Å²) in [5.74, 6) is -0.0931. The number of hydrogen-bond donors (Lipinski definition) is 2. The fourth-order valence-electron chi connectivity index (χ4n) is 1.21. The van der Waals surface area contributed by atoms with Crippen LogP contribution < -0.4 is 11.1 Å². The highest BCUT2D eigenvalue weighted by Crippen LogP contribution is 2.05. The summed E-state index contributed by atoms with van der Waals surface area (Å²) in [6.45, 7) is 1.51. The van der Waals surface area contributed by atoms with Gasteiger partial charge in [0.2, 0.25) is 0 Å². The second-order valence-electron chi connectivity index (χ2n) is 3.17. The summed E-state index contributed by atoms with van der Waals surface area (Å²) < 4.78 is 4.98. The average molecular weight is 208 g/mol. The molecule has 0 radical (unpaired) electrons. The first-order valence-corrected chi connectivity index (χ1v) is 4.84. The van der Waals surface area contributed by atoms with Gasteiger partial charge in [-0.2, -0.15) is 0 Å². The van der Waals surface area contributed by atoms with E-state index >= 15 is 0 Å². The molecule has 15 heavy (non-hydrogen) atoms. The molecule has 3 N–H and O–H groups in total. The fraction of sp³-hybridized carbons (Fsp3) is 0.364. The number of carbonyl (C=O) groups is 1. The number of ether oxygens (including phenoxy) is 1. The van der Waals surface area contributed by atoms with Gasteiger partial charge < -0.3 is 15.8 Å². The quantitative estimate of drug-likeness (QED) is 0.741. The number of rotatable bonds is 5. The molecule has 0 bridgehead atoms. The van der Waals surface area contributed by atoms with Gasteiger partial charge in [0.1, 0.15) is 0 Å². The van der Waals surface area contributed by atoms with Gasteiger partial charge in [0.05, 0.1) is 6.61 Å². The molecule has 0 atom stereocenters. The summed E-state index contributed by atoms with van der Waals surface area (Å²) in [5, 5.41) is 2.70. The van der Waals surface area contributed by atoms with E-state index in [2.05, 4.69) is 5.32 Å². The lowest BCUT2D eigenvalue weighted by molar-refractivity contribution is 0.0954. The maximum atomic E-state index is 11.5. The van der Waals surface area contributed by atoms with Crippen molar-refractivity contribution in [3.8, 4) is 0 Å². The Bertz CT molecular complexity index is 309. The predicted molar refractivity (Wildman–Crippen MR) is 58.5 cm³/mol. The van der Waals surface area contributed by atoms with Crippen LogP contribution in [0.1, 0.15) is 15.9 Å². The summed E-state index contributed by atoms with van der Waals surface area (Å²) in [7, 11) is 1.64. The molecular formula is C11H16N2O2. The Morgan fingerprint density at radius 2 is 2.07 bits per heavy atom. The second kappa shape index (κ2) is 6.16. The third-order valence-corrected chi connectivity index (χ3v) is 1.96. The Kier molecular flexibility index (Phi) is 4.80. The first kappa shape index (κ1) is 11.7. The van der Waals surface area contributed by atoms with Crippen molar-refractivity contribution in [3.05, 3.63) is 35.4 Å². The van der Waals surface area contributed by atoms with Gasteiger partial charge in [-0.25, -0.2) is 0 Å². The van der Waals surface area contributed by atoms with Crippen LogP contribution in [0, 0.1) is 0 Å². The summed E-state index contributed by atoms with van der Waals surface area (Å²) in [4.78, 5) is 11.5. The Balaban J connectivity index is 2.58. The number of methoxy groups -OCH3 is 1. The molecule has 0 unspecified atom stereocenters. The van der Waals surface area contributed by atoms with Crippen molar-refractivity contribution in [1.82, 2.24) is 5.32 Å². The maximum Gasteiger partial charge on any atom is 0.251 e. The molecule has 4 heteroatoms. The molecule has 0 aliphatic carbocycles. The van der Waals surface area contributed by atoms with Crippen molar-refractivity contribution in [2.45, 2.75) is 6.61 Å². The SMILES string of the molecule is COCc1ccc(C(=O)NCCN)cc1. The van der Waals surface area contributed by atoms with E-state index in [4.69, 9.17) is 10.5 Å². The number of nitrogens with two attached hydrogens (primary N) is 1. The zero-order valence-electron chi connectivity index (χ0n) is 8.82. The number of benzene rings is 1. The van der Waals surface area contributed by atoms with E-state index in [-0.39, 0.29) is 5.91 Å². The highest BCUT2D eigenvalue weighted by atomic mass is 16.5. The summed E-state index contributed by atoms with van der Waals surface area (Å²) in [6, 6.07) is 7.31. The number of amides is 1. The molecule has 0 aliphatic heterocycles. The Morgan fingerprint density at radius 1 is 1.40 bits per heavy atom. The summed E-state index contributed by atoms with van der Waals surface area (Å²) in [6.07, 6.45) is 0. The van der Waals surface area contributed by atoms with Crippen LogP contribution in [0.5, 0.6) is 0 Å². The molecule has 4 nitrogen and oxygen atoms in total. The zero-order chi connectivity index (χ0) is 11.1. The number of nitrogens with one attached hydrogen (secondary N) is 1. The van der Waals surface area contributed by atoms with Crippen molar-refractivity contribution in [1.29, 1.82) is 0 Å².